The van der Waals surface area contributed by atoms with Crippen LogP contribution < -0.4 is 20.1 Å². The second-order valence-corrected chi connectivity index (χ2v) is 4.29. The Labute approximate surface area is 123 Å². The number of carboxylic acids is 1. The molecule has 3 N–H and O–H groups in total. The predicted molar refractivity (Wildman–Crippen MR) is 76.6 cm³/mol. The number of benzene rings is 1. The summed E-state index contributed by atoms with van der Waals surface area (Å²) in [7, 11) is 2.94. The largest absolute Gasteiger partial charge is 0.493 e. The molecule has 21 heavy (non-hydrogen) atoms. The summed E-state index contributed by atoms with van der Waals surface area (Å²) in [6.45, 7) is 2.06. The van der Waals surface area contributed by atoms with E-state index < -0.39 is 12.0 Å². The van der Waals surface area contributed by atoms with Gasteiger partial charge in [-0.05, 0) is 6.07 Å². The van der Waals surface area contributed by atoms with Crippen molar-refractivity contribution >= 4 is 11.9 Å². The van der Waals surface area contributed by atoms with E-state index in [1.807, 2.05) is 0 Å². The number of para-hydroxylation sites is 1. The van der Waals surface area contributed by atoms with Crippen LogP contribution in [-0.4, -0.2) is 44.3 Å². The van der Waals surface area contributed by atoms with Gasteiger partial charge in [0.05, 0.1) is 14.2 Å². The Kier molecular flexibility index (Phi) is 6.48. The van der Waals surface area contributed by atoms with E-state index in [1.54, 1.807) is 18.2 Å². The predicted octanol–water partition coefficient (Wildman–Crippen LogP) is 0.555. The van der Waals surface area contributed by atoms with Crippen molar-refractivity contribution in [2.24, 2.45) is 0 Å². The standard InChI is InChI=1S/C14H20N2O5/c1-9(17)15-7-8-16-12(14(18)19)10-5-4-6-11(20-2)13(10)21-3/h4-6,12,16H,7-8H2,1-3H3,(H,15,17)(H,18,19). The second-order valence-electron chi connectivity index (χ2n) is 4.29. The number of hydrogen-bond donors (Lipinski definition) is 3. The minimum absolute atomic E-state index is 0.164. The van der Waals surface area contributed by atoms with Crippen molar-refractivity contribution < 1.29 is 24.2 Å². The summed E-state index contributed by atoms with van der Waals surface area (Å²) in [5, 5.41) is 14.8. The maximum atomic E-state index is 11.4. The molecular formula is C14H20N2O5. The molecule has 1 atom stereocenters. The summed E-state index contributed by atoms with van der Waals surface area (Å²) in [6.07, 6.45) is 0. The highest BCUT2D eigenvalue weighted by Crippen LogP contribution is 2.34. The molecule has 7 heteroatoms. The van der Waals surface area contributed by atoms with Gasteiger partial charge in [0.1, 0.15) is 6.04 Å². The first-order valence-corrected chi connectivity index (χ1v) is 6.42. The fourth-order valence-corrected chi connectivity index (χ4v) is 1.92. The van der Waals surface area contributed by atoms with Crippen LogP contribution in [0.4, 0.5) is 0 Å². The quantitative estimate of drug-likeness (QED) is 0.606. The zero-order valence-corrected chi connectivity index (χ0v) is 12.3. The van der Waals surface area contributed by atoms with Gasteiger partial charge in [0.2, 0.25) is 5.91 Å². The highest BCUT2D eigenvalue weighted by molar-refractivity contribution is 5.77. The lowest BCUT2D eigenvalue weighted by Crippen LogP contribution is -2.35. The van der Waals surface area contributed by atoms with Gasteiger partial charge in [-0.25, -0.2) is 0 Å². The number of hydrogen-bond acceptors (Lipinski definition) is 5. The zero-order valence-electron chi connectivity index (χ0n) is 12.3. The molecule has 0 aromatic heterocycles. The maximum absolute atomic E-state index is 11.4. The average molecular weight is 296 g/mol. The van der Waals surface area contributed by atoms with Gasteiger partial charge in [-0.2, -0.15) is 0 Å². The molecule has 116 valence electrons. The molecular weight excluding hydrogens is 276 g/mol. The van der Waals surface area contributed by atoms with Crippen LogP contribution in [0.5, 0.6) is 11.5 Å². The first-order valence-electron chi connectivity index (χ1n) is 6.42. The fourth-order valence-electron chi connectivity index (χ4n) is 1.92. The SMILES string of the molecule is COc1cccc(C(NCCNC(C)=O)C(=O)O)c1OC. The van der Waals surface area contributed by atoms with Gasteiger partial charge in [-0.3, -0.25) is 14.9 Å². The van der Waals surface area contributed by atoms with Crippen LogP contribution in [0.3, 0.4) is 0 Å². The molecule has 1 unspecified atom stereocenters. The highest BCUT2D eigenvalue weighted by Gasteiger charge is 2.24. The summed E-state index contributed by atoms with van der Waals surface area (Å²) >= 11 is 0. The molecule has 0 heterocycles. The number of aliphatic carboxylic acids is 1. The second kappa shape index (κ2) is 8.11. The minimum atomic E-state index is -1.04. The number of carboxylic acid groups (broad SMARTS) is 1. The van der Waals surface area contributed by atoms with E-state index in [9.17, 15) is 14.7 Å². The van der Waals surface area contributed by atoms with Crippen molar-refractivity contribution in [2.75, 3.05) is 27.3 Å². The minimum Gasteiger partial charge on any atom is -0.493 e. The summed E-state index contributed by atoms with van der Waals surface area (Å²) in [5.41, 5.74) is 0.465. The Morgan fingerprint density at radius 2 is 1.95 bits per heavy atom. The third-order valence-electron chi connectivity index (χ3n) is 2.84. The fraction of sp³-hybridized carbons (Fsp3) is 0.429. The van der Waals surface area contributed by atoms with E-state index >= 15 is 0 Å². The molecule has 7 nitrogen and oxygen atoms in total. The number of amides is 1. The van der Waals surface area contributed by atoms with E-state index in [2.05, 4.69) is 10.6 Å². The van der Waals surface area contributed by atoms with Crippen LogP contribution in [0.15, 0.2) is 18.2 Å². The molecule has 0 aliphatic rings. The molecule has 1 rings (SSSR count). The Hall–Kier alpha value is -2.28. The number of nitrogens with one attached hydrogen (secondary N) is 2. The van der Waals surface area contributed by atoms with Gasteiger partial charge in [0.25, 0.3) is 0 Å². The molecule has 0 bridgehead atoms. The first kappa shape index (κ1) is 16.8. The normalized spacial score (nSPS) is 11.6. The van der Waals surface area contributed by atoms with E-state index in [1.165, 1.54) is 21.1 Å². The Balaban J connectivity index is 2.90. The van der Waals surface area contributed by atoms with Gasteiger partial charge in [0, 0.05) is 25.6 Å². The van der Waals surface area contributed by atoms with Gasteiger partial charge in [-0.15, -0.1) is 0 Å². The van der Waals surface area contributed by atoms with Crippen LogP contribution in [0.25, 0.3) is 0 Å². The molecule has 1 aromatic rings. The van der Waals surface area contributed by atoms with Crippen molar-refractivity contribution in [3.8, 4) is 11.5 Å². The van der Waals surface area contributed by atoms with E-state index in [4.69, 9.17) is 9.47 Å². The van der Waals surface area contributed by atoms with Crippen LogP contribution in [0, 0.1) is 0 Å². The lowest BCUT2D eigenvalue weighted by atomic mass is 10.0. The van der Waals surface area contributed by atoms with Gasteiger partial charge in [-0.1, -0.05) is 12.1 Å². The number of rotatable bonds is 8. The first-order chi connectivity index (χ1) is 10.0. The smallest absolute Gasteiger partial charge is 0.325 e. The average Bonchev–Trinajstić information content (AvgIpc) is 2.45. The summed E-state index contributed by atoms with van der Waals surface area (Å²) < 4.78 is 10.4. The molecule has 0 saturated carbocycles. The lowest BCUT2D eigenvalue weighted by molar-refractivity contribution is -0.139. The van der Waals surface area contributed by atoms with E-state index in [0.29, 0.717) is 30.2 Å². The third-order valence-corrected chi connectivity index (χ3v) is 2.84. The number of methoxy groups -OCH3 is 2. The van der Waals surface area contributed by atoms with E-state index in [0.717, 1.165) is 0 Å². The van der Waals surface area contributed by atoms with Crippen LogP contribution in [0.1, 0.15) is 18.5 Å². The monoisotopic (exact) mass is 296 g/mol. The third kappa shape index (κ3) is 4.64. The topological polar surface area (TPSA) is 96.9 Å². The van der Waals surface area contributed by atoms with Crippen molar-refractivity contribution in [2.45, 2.75) is 13.0 Å². The zero-order chi connectivity index (χ0) is 15.8. The van der Waals surface area contributed by atoms with Crippen molar-refractivity contribution in [3.05, 3.63) is 23.8 Å². The molecule has 0 spiro atoms. The van der Waals surface area contributed by atoms with Gasteiger partial charge in [0.15, 0.2) is 11.5 Å². The van der Waals surface area contributed by atoms with Gasteiger partial charge < -0.3 is 19.9 Å². The van der Waals surface area contributed by atoms with Crippen LogP contribution in [0.2, 0.25) is 0 Å². The molecule has 0 radical (unpaired) electrons. The molecule has 0 saturated heterocycles. The summed E-state index contributed by atoms with van der Waals surface area (Å²) in [5.74, 6) is -0.364. The molecule has 0 aliphatic heterocycles. The van der Waals surface area contributed by atoms with Gasteiger partial charge >= 0.3 is 5.97 Å². The van der Waals surface area contributed by atoms with Crippen LogP contribution >= 0.6 is 0 Å². The highest BCUT2D eigenvalue weighted by atomic mass is 16.5. The molecule has 0 fully saturated rings. The maximum Gasteiger partial charge on any atom is 0.325 e. The van der Waals surface area contributed by atoms with Crippen LogP contribution in [-0.2, 0) is 9.59 Å². The molecule has 1 amide bonds. The number of carbonyl (C=O) groups excluding carboxylic acids is 1. The molecule has 1 aromatic carbocycles. The lowest BCUT2D eigenvalue weighted by Gasteiger charge is -2.19. The Morgan fingerprint density at radius 3 is 2.48 bits per heavy atom. The number of carbonyl (C=O) groups is 2. The Bertz CT molecular complexity index is 504. The Morgan fingerprint density at radius 1 is 1.24 bits per heavy atom. The number of ether oxygens (including phenoxy) is 2. The summed E-state index contributed by atoms with van der Waals surface area (Å²) in [4.78, 5) is 22.2. The molecule has 0 aliphatic carbocycles. The van der Waals surface area contributed by atoms with Crippen molar-refractivity contribution in [1.29, 1.82) is 0 Å². The summed E-state index contributed by atoms with van der Waals surface area (Å²) in [6, 6.07) is 4.09. The van der Waals surface area contributed by atoms with E-state index in [-0.39, 0.29) is 5.91 Å². The van der Waals surface area contributed by atoms with Crippen molar-refractivity contribution in [3.63, 3.8) is 0 Å². The van der Waals surface area contributed by atoms with Crippen molar-refractivity contribution in [1.82, 2.24) is 10.6 Å².